The van der Waals surface area contributed by atoms with Gasteiger partial charge < -0.3 is 14.2 Å². The first kappa shape index (κ1) is 59.0. The van der Waals surface area contributed by atoms with Gasteiger partial charge in [0.2, 0.25) is 0 Å². The van der Waals surface area contributed by atoms with E-state index in [2.05, 4.69) is 79.8 Å². The Labute approximate surface area is 293 Å². The van der Waals surface area contributed by atoms with Crippen LogP contribution < -0.4 is 0 Å². The van der Waals surface area contributed by atoms with Crippen LogP contribution in [0.3, 0.4) is 0 Å². The number of allylic oxidation sites excluding steroid dienone is 8. The van der Waals surface area contributed by atoms with Crippen LogP contribution in [0.4, 0.5) is 0 Å². The number of hydrogen-bond acceptors (Lipinski definition) is 5. The molecule has 0 aliphatic rings. The normalized spacial score (nSPS) is 8.60. The van der Waals surface area contributed by atoms with Crippen LogP contribution in [-0.2, 0) is 23.8 Å². The number of esters is 2. The van der Waals surface area contributed by atoms with Gasteiger partial charge >= 0.3 is 11.9 Å². The molecule has 0 aliphatic carbocycles. The van der Waals surface area contributed by atoms with Crippen LogP contribution in [0.2, 0.25) is 0 Å². The highest BCUT2D eigenvalue weighted by Crippen LogP contribution is 1.97. The fraction of sp³-hybridized carbons (Fsp3) is 0.524. The number of unbranched alkanes of at least 4 members (excludes halogenated alkanes) is 6. The summed E-state index contributed by atoms with van der Waals surface area (Å²) < 4.78 is 14.3. The molecule has 274 valence electrons. The first-order valence-corrected chi connectivity index (χ1v) is 17.0. The van der Waals surface area contributed by atoms with Gasteiger partial charge in [-0.3, -0.25) is 0 Å². The summed E-state index contributed by atoms with van der Waals surface area (Å²) in [7, 11) is 1.68. The van der Waals surface area contributed by atoms with Crippen molar-refractivity contribution in [3.8, 4) is 0 Å². The highest BCUT2D eigenvalue weighted by Gasteiger charge is 2.00. The molecule has 0 saturated carbocycles. The Morgan fingerprint density at radius 2 is 1.11 bits per heavy atom. The van der Waals surface area contributed by atoms with E-state index in [4.69, 9.17) is 14.2 Å². The maximum atomic E-state index is 10.8. The second-order valence-electron chi connectivity index (χ2n) is 9.47. The summed E-state index contributed by atoms with van der Waals surface area (Å²) in [5.74, 6) is -0.600. The SMILES string of the molecule is C=C(C)C(=O)OCCCCC.C=C/C=C/C.C=C/C=C/CCC.C=CC.C=CC(=O)OCCCCC.C=CCCC.C=CCCOC. The zero-order valence-corrected chi connectivity index (χ0v) is 32.2. The lowest BCUT2D eigenvalue weighted by Gasteiger charge is -2.02. The topological polar surface area (TPSA) is 61.8 Å². The molecule has 0 spiro atoms. The predicted octanol–water partition coefficient (Wildman–Crippen LogP) is 12.9. The fourth-order valence-corrected chi connectivity index (χ4v) is 2.12. The van der Waals surface area contributed by atoms with Crippen LogP contribution in [0.25, 0.3) is 0 Å². The third kappa shape index (κ3) is 107. The van der Waals surface area contributed by atoms with E-state index in [-0.39, 0.29) is 11.9 Å². The maximum absolute atomic E-state index is 10.8. The molecule has 0 aliphatic heterocycles. The molecule has 0 aromatic rings. The molecule has 0 rings (SSSR count). The molecule has 0 aromatic heterocycles. The first-order chi connectivity index (χ1) is 22.6. The molecule has 0 aromatic carbocycles. The van der Waals surface area contributed by atoms with E-state index in [0.29, 0.717) is 18.8 Å². The van der Waals surface area contributed by atoms with Gasteiger partial charge in [0.05, 0.1) is 13.2 Å². The van der Waals surface area contributed by atoms with Gasteiger partial charge in [0.25, 0.3) is 0 Å². The molecule has 0 amide bonds. The number of hydrogen-bond donors (Lipinski definition) is 0. The van der Waals surface area contributed by atoms with Crippen LogP contribution in [-0.4, -0.2) is 38.9 Å². The molecule has 0 saturated heterocycles. The van der Waals surface area contributed by atoms with Crippen LogP contribution in [0.15, 0.2) is 112 Å². The van der Waals surface area contributed by atoms with Crippen molar-refractivity contribution >= 4 is 11.9 Å². The van der Waals surface area contributed by atoms with Crippen molar-refractivity contribution in [3.05, 3.63) is 112 Å². The smallest absolute Gasteiger partial charge is 0.333 e. The van der Waals surface area contributed by atoms with Crippen molar-refractivity contribution in [2.24, 2.45) is 0 Å². The van der Waals surface area contributed by atoms with E-state index in [1.165, 1.54) is 25.3 Å². The van der Waals surface area contributed by atoms with E-state index < -0.39 is 0 Å². The van der Waals surface area contributed by atoms with Crippen LogP contribution in [0.5, 0.6) is 0 Å². The minimum Gasteiger partial charge on any atom is -0.463 e. The highest BCUT2D eigenvalue weighted by atomic mass is 16.5. The summed E-state index contributed by atoms with van der Waals surface area (Å²) >= 11 is 0. The Morgan fingerprint density at radius 3 is 1.36 bits per heavy atom. The molecule has 0 N–H and O–H groups in total. The number of methoxy groups -OCH3 is 1. The van der Waals surface area contributed by atoms with Crippen molar-refractivity contribution in [2.75, 3.05) is 26.9 Å². The predicted molar refractivity (Wildman–Crippen MR) is 213 cm³/mol. The number of rotatable bonds is 19. The third-order valence-corrected chi connectivity index (χ3v) is 4.56. The van der Waals surface area contributed by atoms with Crippen molar-refractivity contribution in [3.63, 3.8) is 0 Å². The lowest BCUT2D eigenvalue weighted by molar-refractivity contribution is -0.139. The van der Waals surface area contributed by atoms with E-state index >= 15 is 0 Å². The molecule has 0 bridgehead atoms. The number of carbonyl (C=O) groups excluding carboxylic acids is 2. The molecule has 0 radical (unpaired) electrons. The van der Waals surface area contributed by atoms with Crippen molar-refractivity contribution in [1.82, 2.24) is 0 Å². The van der Waals surface area contributed by atoms with Crippen molar-refractivity contribution in [1.29, 1.82) is 0 Å². The quantitative estimate of drug-likeness (QED) is 0.0453. The van der Waals surface area contributed by atoms with Gasteiger partial charge in [0.1, 0.15) is 0 Å². The van der Waals surface area contributed by atoms with Crippen LogP contribution in [0, 0.1) is 0 Å². The summed E-state index contributed by atoms with van der Waals surface area (Å²) in [5.41, 5.74) is 0.474. The molecule has 0 atom stereocenters. The minimum atomic E-state index is -0.323. The summed E-state index contributed by atoms with van der Waals surface area (Å²) in [4.78, 5) is 21.2. The molecule has 0 unspecified atom stereocenters. The number of carbonyl (C=O) groups is 2. The standard InChI is InChI=1S/C9H16O2.C8H14O2.C7H12.C5H10O.C5H10.C5H8.C3H6/c1-4-5-6-7-11-9(10)8(2)3;1-3-5-6-7-10-8(9)4-2;1-3-5-7-6-4-2;1-3-4-5-6-2;2*1-3-5-4-2;1-3-2/h2,4-7H2,1,3H3;4H,2-3,5-7H2,1H3;3,5,7H,1,4,6H2,2H3;3H,1,4-5H2,2H3;3H,1,4-5H2,2H3;3-5H,1H2,2H3;3H,1H2,2H3/b;;7-5+;;;5-4+;. The van der Waals surface area contributed by atoms with Gasteiger partial charge in [-0.2, -0.15) is 0 Å². The molecule has 0 fully saturated rings. The first-order valence-electron chi connectivity index (χ1n) is 17.0. The Balaban J connectivity index is -0.0000000823. The lowest BCUT2D eigenvalue weighted by Crippen LogP contribution is -2.05. The van der Waals surface area contributed by atoms with Crippen molar-refractivity contribution < 1.29 is 23.8 Å². The van der Waals surface area contributed by atoms with E-state index in [1.807, 2.05) is 44.2 Å². The lowest BCUT2D eigenvalue weighted by atomic mass is 10.3. The van der Waals surface area contributed by atoms with E-state index in [0.717, 1.165) is 58.0 Å². The molecule has 5 nitrogen and oxygen atoms in total. The Morgan fingerprint density at radius 1 is 0.638 bits per heavy atom. The average Bonchev–Trinajstić information content (AvgIpc) is 3.06. The third-order valence-electron chi connectivity index (χ3n) is 4.56. The second kappa shape index (κ2) is 69.3. The average molecular weight is 661 g/mol. The summed E-state index contributed by atoms with van der Waals surface area (Å²) in [6, 6.07) is 0. The summed E-state index contributed by atoms with van der Waals surface area (Å²) in [6.07, 6.45) is 30.3. The molecular formula is C42H76O5. The Hall–Kier alpha value is -3.44. The Bertz CT molecular complexity index is 744. The van der Waals surface area contributed by atoms with Gasteiger partial charge in [-0.05, 0) is 52.9 Å². The summed E-state index contributed by atoms with van der Waals surface area (Å²) in [5, 5.41) is 0. The molecule has 47 heavy (non-hydrogen) atoms. The van der Waals surface area contributed by atoms with Gasteiger partial charge in [-0.1, -0.05) is 147 Å². The van der Waals surface area contributed by atoms with Gasteiger partial charge in [-0.15, -0.1) is 19.7 Å². The van der Waals surface area contributed by atoms with Crippen LogP contribution >= 0.6 is 0 Å². The number of ether oxygens (including phenoxy) is 3. The molecular weight excluding hydrogens is 584 g/mol. The zero-order valence-electron chi connectivity index (χ0n) is 32.2. The monoisotopic (exact) mass is 661 g/mol. The summed E-state index contributed by atoms with van der Waals surface area (Å²) in [6.45, 7) is 40.1. The second-order valence-corrected chi connectivity index (χ2v) is 9.47. The minimum absolute atomic E-state index is 0.277. The van der Waals surface area contributed by atoms with Crippen molar-refractivity contribution in [2.45, 2.75) is 119 Å². The molecule has 5 heteroatoms. The largest absolute Gasteiger partial charge is 0.463 e. The molecule has 0 heterocycles. The fourth-order valence-electron chi connectivity index (χ4n) is 2.12. The van der Waals surface area contributed by atoms with Gasteiger partial charge in [0, 0.05) is 25.4 Å². The van der Waals surface area contributed by atoms with Gasteiger partial charge in [-0.25, -0.2) is 9.59 Å². The zero-order chi connectivity index (χ0) is 37.8. The Kier molecular flexibility index (Phi) is 87.1. The van der Waals surface area contributed by atoms with E-state index in [9.17, 15) is 9.59 Å². The highest BCUT2D eigenvalue weighted by molar-refractivity contribution is 5.86. The van der Waals surface area contributed by atoms with E-state index in [1.54, 1.807) is 32.3 Å². The maximum Gasteiger partial charge on any atom is 0.333 e. The van der Waals surface area contributed by atoms with Gasteiger partial charge in [0.15, 0.2) is 0 Å². The van der Waals surface area contributed by atoms with Crippen LogP contribution in [0.1, 0.15) is 119 Å².